The molecule has 0 aliphatic carbocycles. The van der Waals surface area contributed by atoms with Gasteiger partial charge in [-0.25, -0.2) is 0 Å². The number of nitrogens with zero attached hydrogens (tertiary/aromatic N) is 1. The molecule has 1 fully saturated rings. The third kappa shape index (κ3) is 4.63. The average Bonchev–Trinajstić information content (AvgIpc) is 3.29. The highest BCUT2D eigenvalue weighted by molar-refractivity contribution is 5.93. The number of nitrogens with one attached hydrogen (secondary N) is 1. The minimum Gasteiger partial charge on any atom is -0.497 e. The molecular weight excluding hydrogens is 412 g/mol. The molecule has 33 heavy (non-hydrogen) atoms. The molecule has 3 aromatic carbocycles. The number of likely N-dealkylation sites (N-methyl/N-ethyl adjacent to an activating group) is 1. The highest BCUT2D eigenvalue weighted by Gasteiger charge is 2.49. The van der Waals surface area contributed by atoms with Crippen LogP contribution in [0.25, 0.3) is 11.1 Å². The van der Waals surface area contributed by atoms with Gasteiger partial charge in [0, 0.05) is 20.0 Å². The Balaban J connectivity index is 1.66. The standard InChI is InChI=1S/C28H30N2O3/c1-29-27(32)28(20-23-11-6-7-12-25(23)22-9-4-3-5-10-22)17-8-18-30(28)26(31)19-21-13-15-24(33-2)16-14-21/h3-7,9-16H,8,17-20H2,1-2H3,(H,29,32). The van der Waals surface area contributed by atoms with Crippen molar-refractivity contribution in [2.75, 3.05) is 20.7 Å². The maximum absolute atomic E-state index is 13.5. The summed E-state index contributed by atoms with van der Waals surface area (Å²) in [5, 5.41) is 2.84. The lowest BCUT2D eigenvalue weighted by molar-refractivity contribution is -0.144. The minimum absolute atomic E-state index is 0.0292. The van der Waals surface area contributed by atoms with Crippen LogP contribution in [-0.2, 0) is 22.4 Å². The van der Waals surface area contributed by atoms with Crippen LogP contribution in [0.3, 0.4) is 0 Å². The molecule has 1 saturated heterocycles. The van der Waals surface area contributed by atoms with Gasteiger partial charge in [-0.15, -0.1) is 0 Å². The summed E-state index contributed by atoms with van der Waals surface area (Å²) in [4.78, 5) is 28.6. The number of benzene rings is 3. The van der Waals surface area contributed by atoms with E-state index in [9.17, 15) is 9.59 Å². The van der Waals surface area contributed by atoms with E-state index in [0.717, 1.165) is 34.4 Å². The first kappa shape index (κ1) is 22.6. The van der Waals surface area contributed by atoms with Gasteiger partial charge < -0.3 is 15.0 Å². The second-order valence-electron chi connectivity index (χ2n) is 8.48. The molecule has 2 amide bonds. The number of methoxy groups -OCH3 is 1. The summed E-state index contributed by atoms with van der Waals surface area (Å²) in [5.41, 5.74) is 3.27. The van der Waals surface area contributed by atoms with Crippen LogP contribution in [0.5, 0.6) is 5.75 Å². The van der Waals surface area contributed by atoms with E-state index in [1.807, 2.05) is 54.6 Å². The number of rotatable bonds is 7. The van der Waals surface area contributed by atoms with E-state index in [-0.39, 0.29) is 18.2 Å². The number of hydrogen-bond donors (Lipinski definition) is 1. The van der Waals surface area contributed by atoms with Gasteiger partial charge in [-0.2, -0.15) is 0 Å². The summed E-state index contributed by atoms with van der Waals surface area (Å²) in [6.07, 6.45) is 2.18. The van der Waals surface area contributed by atoms with Crippen LogP contribution in [0.4, 0.5) is 0 Å². The predicted octanol–water partition coefficient (Wildman–Crippen LogP) is 4.25. The van der Waals surface area contributed by atoms with Crippen molar-refractivity contribution in [2.45, 2.75) is 31.2 Å². The van der Waals surface area contributed by atoms with Crippen LogP contribution >= 0.6 is 0 Å². The Kier molecular flexibility index (Phi) is 6.78. The molecule has 1 atom stereocenters. The van der Waals surface area contributed by atoms with Crippen LogP contribution in [0, 0.1) is 0 Å². The molecule has 0 spiro atoms. The van der Waals surface area contributed by atoms with Gasteiger partial charge >= 0.3 is 0 Å². The lowest BCUT2D eigenvalue weighted by Crippen LogP contribution is -2.58. The molecule has 1 unspecified atom stereocenters. The Hall–Kier alpha value is -3.60. The van der Waals surface area contributed by atoms with Crippen LogP contribution in [-0.4, -0.2) is 43.0 Å². The van der Waals surface area contributed by atoms with Crippen molar-refractivity contribution in [1.29, 1.82) is 0 Å². The molecule has 5 heteroatoms. The third-order valence-corrected chi connectivity index (χ3v) is 6.54. The van der Waals surface area contributed by atoms with Crippen molar-refractivity contribution in [2.24, 2.45) is 0 Å². The first-order chi connectivity index (χ1) is 16.1. The van der Waals surface area contributed by atoms with Crippen molar-refractivity contribution < 1.29 is 14.3 Å². The second-order valence-corrected chi connectivity index (χ2v) is 8.48. The molecule has 5 nitrogen and oxygen atoms in total. The van der Waals surface area contributed by atoms with Gasteiger partial charge in [0.25, 0.3) is 0 Å². The van der Waals surface area contributed by atoms with Crippen molar-refractivity contribution >= 4 is 11.8 Å². The Bertz CT molecular complexity index is 1110. The Labute approximate surface area is 195 Å². The predicted molar refractivity (Wildman–Crippen MR) is 130 cm³/mol. The van der Waals surface area contributed by atoms with E-state index < -0.39 is 5.54 Å². The molecular formula is C28H30N2O3. The van der Waals surface area contributed by atoms with E-state index in [1.54, 1.807) is 19.1 Å². The smallest absolute Gasteiger partial charge is 0.246 e. The maximum Gasteiger partial charge on any atom is 0.246 e. The number of likely N-dealkylation sites (tertiary alicyclic amines) is 1. The van der Waals surface area contributed by atoms with E-state index >= 15 is 0 Å². The molecule has 4 rings (SSSR count). The summed E-state index contributed by atoms with van der Waals surface area (Å²) in [5.74, 6) is 0.619. The van der Waals surface area contributed by atoms with Crippen LogP contribution in [0.2, 0.25) is 0 Å². The second kappa shape index (κ2) is 9.90. The molecule has 3 aromatic rings. The summed E-state index contributed by atoms with van der Waals surface area (Å²) in [7, 11) is 3.27. The van der Waals surface area contributed by atoms with Gasteiger partial charge in [0.1, 0.15) is 11.3 Å². The first-order valence-corrected chi connectivity index (χ1v) is 11.4. The number of hydrogen-bond acceptors (Lipinski definition) is 3. The number of carbonyl (C=O) groups is 2. The molecule has 1 aliphatic rings. The van der Waals surface area contributed by atoms with Gasteiger partial charge in [-0.05, 0) is 47.2 Å². The van der Waals surface area contributed by atoms with Crippen molar-refractivity contribution in [3.05, 3.63) is 90.0 Å². The minimum atomic E-state index is -0.900. The van der Waals surface area contributed by atoms with Crippen LogP contribution in [0.1, 0.15) is 24.0 Å². The first-order valence-electron chi connectivity index (χ1n) is 11.4. The zero-order chi connectivity index (χ0) is 23.3. The van der Waals surface area contributed by atoms with Gasteiger partial charge in [-0.1, -0.05) is 66.7 Å². The Morgan fingerprint density at radius 3 is 2.36 bits per heavy atom. The molecule has 0 bridgehead atoms. The normalized spacial score (nSPS) is 17.6. The summed E-state index contributed by atoms with van der Waals surface area (Å²) in [6.45, 7) is 0.579. The van der Waals surface area contributed by atoms with Crippen molar-refractivity contribution in [3.8, 4) is 16.9 Å². The molecule has 0 saturated carbocycles. The molecule has 0 radical (unpaired) electrons. The fraction of sp³-hybridized carbons (Fsp3) is 0.286. The van der Waals surface area contributed by atoms with Gasteiger partial charge in [-0.3, -0.25) is 9.59 Å². The highest BCUT2D eigenvalue weighted by atomic mass is 16.5. The topological polar surface area (TPSA) is 58.6 Å². The number of ether oxygens (including phenoxy) is 1. The lowest BCUT2D eigenvalue weighted by atomic mass is 9.84. The van der Waals surface area contributed by atoms with Gasteiger partial charge in [0.2, 0.25) is 11.8 Å². The van der Waals surface area contributed by atoms with Gasteiger partial charge in [0.05, 0.1) is 13.5 Å². The third-order valence-electron chi connectivity index (χ3n) is 6.54. The Morgan fingerprint density at radius 2 is 1.67 bits per heavy atom. The molecule has 1 N–H and O–H groups in total. The molecule has 1 aliphatic heterocycles. The van der Waals surface area contributed by atoms with Crippen LogP contribution < -0.4 is 10.1 Å². The maximum atomic E-state index is 13.5. The fourth-order valence-electron chi connectivity index (χ4n) is 4.88. The number of carbonyl (C=O) groups excluding carboxylic acids is 2. The van der Waals surface area contributed by atoms with E-state index in [2.05, 4.69) is 29.6 Å². The van der Waals surface area contributed by atoms with Crippen molar-refractivity contribution in [1.82, 2.24) is 10.2 Å². The molecule has 1 heterocycles. The quantitative estimate of drug-likeness (QED) is 0.595. The fourth-order valence-corrected chi connectivity index (χ4v) is 4.88. The highest BCUT2D eigenvalue weighted by Crippen LogP contribution is 2.36. The van der Waals surface area contributed by atoms with E-state index in [1.165, 1.54) is 0 Å². The SMILES string of the molecule is CNC(=O)C1(Cc2ccccc2-c2ccccc2)CCCN1C(=O)Cc1ccc(OC)cc1. The summed E-state index contributed by atoms with van der Waals surface area (Å²) in [6, 6.07) is 25.9. The largest absolute Gasteiger partial charge is 0.497 e. The van der Waals surface area contributed by atoms with Gasteiger partial charge in [0.15, 0.2) is 0 Å². The summed E-state index contributed by atoms with van der Waals surface area (Å²) >= 11 is 0. The zero-order valence-electron chi connectivity index (χ0n) is 19.2. The molecule has 170 valence electrons. The summed E-state index contributed by atoms with van der Waals surface area (Å²) < 4.78 is 5.22. The zero-order valence-corrected chi connectivity index (χ0v) is 19.2. The van der Waals surface area contributed by atoms with Crippen molar-refractivity contribution in [3.63, 3.8) is 0 Å². The molecule has 0 aromatic heterocycles. The lowest BCUT2D eigenvalue weighted by Gasteiger charge is -2.37. The van der Waals surface area contributed by atoms with E-state index in [4.69, 9.17) is 4.74 Å². The number of amides is 2. The average molecular weight is 443 g/mol. The van der Waals surface area contributed by atoms with E-state index in [0.29, 0.717) is 19.4 Å². The van der Waals surface area contributed by atoms with Crippen LogP contribution in [0.15, 0.2) is 78.9 Å². The Morgan fingerprint density at radius 1 is 0.970 bits per heavy atom. The monoisotopic (exact) mass is 442 g/mol.